The molecule has 1 heterocycles. The SMILES string of the molecule is CC(C)NC(=O)C(C)Nc1cc(=O)[nH]c(C2CC2)n1. The second-order valence-electron chi connectivity index (χ2n) is 5.32. The minimum atomic E-state index is -0.427. The number of aromatic nitrogens is 2. The highest BCUT2D eigenvalue weighted by atomic mass is 16.2. The Morgan fingerprint density at radius 1 is 1.42 bits per heavy atom. The van der Waals surface area contributed by atoms with Crippen LogP contribution < -0.4 is 16.2 Å². The van der Waals surface area contributed by atoms with E-state index < -0.39 is 6.04 Å². The summed E-state index contributed by atoms with van der Waals surface area (Å²) in [5.41, 5.74) is -0.184. The summed E-state index contributed by atoms with van der Waals surface area (Å²) < 4.78 is 0. The van der Waals surface area contributed by atoms with E-state index >= 15 is 0 Å². The van der Waals surface area contributed by atoms with Gasteiger partial charge in [-0.3, -0.25) is 9.59 Å². The molecule has 19 heavy (non-hydrogen) atoms. The minimum absolute atomic E-state index is 0.0888. The molecule has 1 aromatic heterocycles. The minimum Gasteiger partial charge on any atom is -0.358 e. The molecule has 1 atom stereocenters. The van der Waals surface area contributed by atoms with E-state index in [1.54, 1.807) is 6.92 Å². The highest BCUT2D eigenvalue weighted by molar-refractivity contribution is 5.84. The molecule has 104 valence electrons. The Hall–Kier alpha value is -1.85. The molecule has 1 amide bonds. The van der Waals surface area contributed by atoms with E-state index in [1.807, 2.05) is 13.8 Å². The van der Waals surface area contributed by atoms with E-state index in [4.69, 9.17) is 0 Å². The fourth-order valence-electron chi connectivity index (χ4n) is 1.80. The molecule has 3 N–H and O–H groups in total. The Morgan fingerprint density at radius 2 is 2.11 bits per heavy atom. The van der Waals surface area contributed by atoms with E-state index in [1.165, 1.54) is 6.07 Å². The fraction of sp³-hybridized carbons (Fsp3) is 0.615. The van der Waals surface area contributed by atoms with Gasteiger partial charge in [-0.1, -0.05) is 0 Å². The number of H-pyrrole nitrogens is 1. The third kappa shape index (κ3) is 3.81. The maximum absolute atomic E-state index is 11.8. The Bertz CT molecular complexity index is 520. The zero-order valence-electron chi connectivity index (χ0n) is 11.5. The van der Waals surface area contributed by atoms with Gasteiger partial charge < -0.3 is 15.6 Å². The number of amides is 1. The highest BCUT2D eigenvalue weighted by Crippen LogP contribution is 2.37. The van der Waals surface area contributed by atoms with Gasteiger partial charge in [0.2, 0.25) is 5.91 Å². The third-order valence-corrected chi connectivity index (χ3v) is 2.91. The molecule has 2 rings (SSSR count). The van der Waals surface area contributed by atoms with Crippen LogP contribution in [0.2, 0.25) is 0 Å². The number of carbonyl (C=O) groups is 1. The summed E-state index contributed by atoms with van der Waals surface area (Å²) in [5, 5.41) is 5.78. The average Bonchev–Trinajstić information content (AvgIpc) is 3.10. The molecule has 1 aromatic rings. The lowest BCUT2D eigenvalue weighted by atomic mass is 10.2. The van der Waals surface area contributed by atoms with Crippen molar-refractivity contribution in [1.82, 2.24) is 15.3 Å². The molecule has 0 saturated heterocycles. The van der Waals surface area contributed by atoms with Crippen LogP contribution in [0.15, 0.2) is 10.9 Å². The zero-order chi connectivity index (χ0) is 14.0. The first-order chi connectivity index (χ1) is 8.95. The molecule has 1 aliphatic rings. The third-order valence-electron chi connectivity index (χ3n) is 2.91. The van der Waals surface area contributed by atoms with E-state index in [-0.39, 0.29) is 17.5 Å². The number of nitrogens with one attached hydrogen (secondary N) is 3. The van der Waals surface area contributed by atoms with E-state index in [9.17, 15) is 9.59 Å². The van der Waals surface area contributed by atoms with Crippen molar-refractivity contribution in [2.24, 2.45) is 0 Å². The molecule has 1 saturated carbocycles. The van der Waals surface area contributed by atoms with Crippen LogP contribution in [-0.2, 0) is 4.79 Å². The number of aromatic amines is 1. The van der Waals surface area contributed by atoms with Crippen LogP contribution >= 0.6 is 0 Å². The van der Waals surface area contributed by atoms with Crippen LogP contribution in [0.5, 0.6) is 0 Å². The molecule has 0 radical (unpaired) electrons. The maximum Gasteiger partial charge on any atom is 0.252 e. The monoisotopic (exact) mass is 264 g/mol. The number of carbonyl (C=O) groups excluding carboxylic acids is 1. The normalized spacial score (nSPS) is 16.2. The van der Waals surface area contributed by atoms with Gasteiger partial charge in [-0.25, -0.2) is 4.98 Å². The second-order valence-corrected chi connectivity index (χ2v) is 5.32. The lowest BCUT2D eigenvalue weighted by Crippen LogP contribution is -2.41. The maximum atomic E-state index is 11.8. The molecule has 0 bridgehead atoms. The van der Waals surface area contributed by atoms with Crippen molar-refractivity contribution in [1.29, 1.82) is 0 Å². The van der Waals surface area contributed by atoms with Gasteiger partial charge in [0.1, 0.15) is 17.7 Å². The molecule has 0 aliphatic heterocycles. The first-order valence-electron chi connectivity index (χ1n) is 6.64. The number of hydrogen-bond donors (Lipinski definition) is 3. The average molecular weight is 264 g/mol. The summed E-state index contributed by atoms with van der Waals surface area (Å²) in [7, 11) is 0. The Balaban J connectivity index is 2.05. The van der Waals surface area contributed by atoms with Crippen molar-refractivity contribution in [3.8, 4) is 0 Å². The summed E-state index contributed by atoms with van der Waals surface area (Å²) >= 11 is 0. The molecular formula is C13H20N4O2. The van der Waals surface area contributed by atoms with Gasteiger partial charge in [-0.15, -0.1) is 0 Å². The fourth-order valence-corrected chi connectivity index (χ4v) is 1.80. The van der Waals surface area contributed by atoms with Crippen LogP contribution in [0, 0.1) is 0 Å². The molecule has 6 nitrogen and oxygen atoms in total. The molecule has 1 aliphatic carbocycles. The standard InChI is InChI=1S/C13H20N4O2/c1-7(2)14-13(19)8(3)15-10-6-11(18)17-12(16-10)9-4-5-9/h6-9H,4-5H2,1-3H3,(H,14,19)(H2,15,16,17,18). The van der Waals surface area contributed by atoms with Gasteiger partial charge in [-0.2, -0.15) is 0 Å². The Kier molecular flexibility index (Phi) is 3.87. The second kappa shape index (κ2) is 5.42. The Labute approximate surface area is 112 Å². The molecule has 6 heteroatoms. The van der Waals surface area contributed by atoms with Gasteiger partial charge in [0.05, 0.1) is 0 Å². The number of nitrogens with zero attached hydrogens (tertiary/aromatic N) is 1. The number of rotatable bonds is 5. The topological polar surface area (TPSA) is 86.9 Å². The molecule has 0 aromatic carbocycles. The van der Waals surface area contributed by atoms with Gasteiger partial charge in [0, 0.05) is 18.0 Å². The van der Waals surface area contributed by atoms with Crippen molar-refractivity contribution in [3.63, 3.8) is 0 Å². The molecule has 1 fully saturated rings. The van der Waals surface area contributed by atoms with Crippen LogP contribution in [0.25, 0.3) is 0 Å². The van der Waals surface area contributed by atoms with Crippen molar-refractivity contribution in [3.05, 3.63) is 22.2 Å². The number of hydrogen-bond acceptors (Lipinski definition) is 4. The van der Waals surface area contributed by atoms with Crippen LogP contribution in [0.4, 0.5) is 5.82 Å². The van der Waals surface area contributed by atoms with Crippen molar-refractivity contribution >= 4 is 11.7 Å². The van der Waals surface area contributed by atoms with Crippen molar-refractivity contribution in [2.75, 3.05) is 5.32 Å². The van der Waals surface area contributed by atoms with Gasteiger partial charge in [0.25, 0.3) is 5.56 Å². The summed E-state index contributed by atoms with van der Waals surface area (Å²) in [6.45, 7) is 5.56. The van der Waals surface area contributed by atoms with E-state index in [2.05, 4.69) is 20.6 Å². The largest absolute Gasteiger partial charge is 0.358 e. The van der Waals surface area contributed by atoms with E-state index in [0.29, 0.717) is 17.6 Å². The van der Waals surface area contributed by atoms with Crippen molar-refractivity contribution < 1.29 is 4.79 Å². The lowest BCUT2D eigenvalue weighted by molar-refractivity contribution is -0.122. The first kappa shape index (κ1) is 13.6. The highest BCUT2D eigenvalue weighted by Gasteiger charge is 2.26. The zero-order valence-corrected chi connectivity index (χ0v) is 11.5. The van der Waals surface area contributed by atoms with Gasteiger partial charge >= 0.3 is 0 Å². The quantitative estimate of drug-likeness (QED) is 0.739. The summed E-state index contributed by atoms with van der Waals surface area (Å²) in [6.07, 6.45) is 2.13. The van der Waals surface area contributed by atoms with Gasteiger partial charge in [0.15, 0.2) is 0 Å². The molecular weight excluding hydrogens is 244 g/mol. The van der Waals surface area contributed by atoms with Gasteiger partial charge in [-0.05, 0) is 33.6 Å². The number of anilines is 1. The predicted molar refractivity (Wildman–Crippen MR) is 73.2 cm³/mol. The van der Waals surface area contributed by atoms with E-state index in [0.717, 1.165) is 12.8 Å². The van der Waals surface area contributed by atoms with Crippen LogP contribution in [0.3, 0.4) is 0 Å². The van der Waals surface area contributed by atoms with Crippen molar-refractivity contribution in [2.45, 2.75) is 51.6 Å². The predicted octanol–water partition coefficient (Wildman–Crippen LogP) is 0.972. The summed E-state index contributed by atoms with van der Waals surface area (Å²) in [6, 6.07) is 1.04. The summed E-state index contributed by atoms with van der Waals surface area (Å²) in [5.74, 6) is 1.43. The smallest absolute Gasteiger partial charge is 0.252 e. The first-order valence-corrected chi connectivity index (χ1v) is 6.64. The molecule has 1 unspecified atom stereocenters. The molecule has 0 spiro atoms. The Morgan fingerprint density at radius 3 is 2.68 bits per heavy atom. The lowest BCUT2D eigenvalue weighted by Gasteiger charge is -2.16. The van der Waals surface area contributed by atoms with Crippen LogP contribution in [-0.4, -0.2) is 28.0 Å². The van der Waals surface area contributed by atoms with Crippen LogP contribution in [0.1, 0.15) is 45.4 Å². The summed E-state index contributed by atoms with van der Waals surface area (Å²) in [4.78, 5) is 30.4.